The lowest BCUT2D eigenvalue weighted by Gasteiger charge is -2.00. The molecule has 0 spiro atoms. The maximum Gasteiger partial charge on any atom is 0.343 e. The first-order valence-corrected chi connectivity index (χ1v) is 6.14. The van der Waals surface area contributed by atoms with Crippen molar-refractivity contribution in [3.05, 3.63) is 34.1 Å². The van der Waals surface area contributed by atoms with Crippen LogP contribution in [-0.4, -0.2) is 47.2 Å². The van der Waals surface area contributed by atoms with Crippen molar-refractivity contribution in [2.75, 3.05) is 7.05 Å². The highest BCUT2D eigenvalue weighted by Crippen LogP contribution is 2.20. The Bertz CT molecular complexity index is 896. The Labute approximate surface area is 122 Å². The largest absolute Gasteiger partial charge is 0.358 e. The summed E-state index contributed by atoms with van der Waals surface area (Å²) in [6.07, 6.45) is 1.12. The Balaban J connectivity index is 2.19. The maximum atomic E-state index is 11.6. The zero-order valence-electron chi connectivity index (χ0n) is 11.6. The molecule has 3 aromatic heterocycles. The van der Waals surface area contributed by atoms with Gasteiger partial charge in [-0.05, 0) is 17.1 Å². The fraction of sp³-hybridized carbons (Fsp3) is 0.182. The Morgan fingerprint density at radius 1 is 1.32 bits per heavy atom. The maximum absolute atomic E-state index is 11.6. The SMILES string of the molecule is CNC(=O)c1ccc2nnc(-c3ncc([N+](=O)[O-])n3C)n2n1. The zero-order valence-corrected chi connectivity index (χ0v) is 11.6. The van der Waals surface area contributed by atoms with Crippen LogP contribution in [0.1, 0.15) is 10.5 Å². The molecule has 11 nitrogen and oxygen atoms in total. The second-order valence-electron chi connectivity index (χ2n) is 4.35. The predicted octanol–water partition coefficient (Wildman–Crippen LogP) is -0.207. The molecule has 0 aliphatic rings. The molecule has 3 aromatic rings. The number of nitrogens with one attached hydrogen (secondary N) is 1. The van der Waals surface area contributed by atoms with Crippen LogP contribution in [0.2, 0.25) is 0 Å². The van der Waals surface area contributed by atoms with Gasteiger partial charge in [0.15, 0.2) is 5.65 Å². The van der Waals surface area contributed by atoms with Crippen LogP contribution in [0.25, 0.3) is 17.3 Å². The molecule has 0 radical (unpaired) electrons. The molecule has 0 saturated heterocycles. The normalized spacial score (nSPS) is 10.8. The van der Waals surface area contributed by atoms with E-state index < -0.39 is 4.92 Å². The molecule has 0 bridgehead atoms. The fourth-order valence-electron chi connectivity index (χ4n) is 1.96. The summed E-state index contributed by atoms with van der Waals surface area (Å²) in [6.45, 7) is 0. The number of carbonyl (C=O) groups excluding carboxylic acids is 1. The topological polar surface area (TPSA) is 133 Å². The molecule has 3 rings (SSSR count). The average molecular weight is 302 g/mol. The summed E-state index contributed by atoms with van der Waals surface area (Å²) in [5, 5.41) is 25.3. The van der Waals surface area contributed by atoms with Crippen molar-refractivity contribution in [2.24, 2.45) is 7.05 Å². The van der Waals surface area contributed by atoms with Crippen LogP contribution >= 0.6 is 0 Å². The van der Waals surface area contributed by atoms with Gasteiger partial charge in [0.05, 0.1) is 7.05 Å². The van der Waals surface area contributed by atoms with Gasteiger partial charge >= 0.3 is 5.82 Å². The van der Waals surface area contributed by atoms with Gasteiger partial charge in [-0.1, -0.05) is 0 Å². The molecule has 1 N–H and O–H groups in total. The number of rotatable bonds is 3. The van der Waals surface area contributed by atoms with E-state index in [1.165, 1.54) is 29.2 Å². The van der Waals surface area contributed by atoms with Gasteiger partial charge in [-0.3, -0.25) is 4.79 Å². The first-order chi connectivity index (χ1) is 10.5. The van der Waals surface area contributed by atoms with Crippen LogP contribution in [0.3, 0.4) is 0 Å². The van der Waals surface area contributed by atoms with Gasteiger partial charge in [0.2, 0.25) is 5.82 Å². The van der Waals surface area contributed by atoms with Crippen LogP contribution < -0.4 is 5.32 Å². The molecule has 3 heterocycles. The number of imidazole rings is 1. The Hall–Kier alpha value is -3.37. The summed E-state index contributed by atoms with van der Waals surface area (Å²) in [5.74, 6) is -0.126. The average Bonchev–Trinajstić information content (AvgIpc) is 3.08. The molecule has 0 aliphatic heterocycles. The number of carbonyl (C=O) groups is 1. The van der Waals surface area contributed by atoms with Gasteiger partial charge < -0.3 is 15.4 Å². The second-order valence-corrected chi connectivity index (χ2v) is 4.35. The van der Waals surface area contributed by atoms with Crippen molar-refractivity contribution in [1.29, 1.82) is 0 Å². The molecule has 0 unspecified atom stereocenters. The van der Waals surface area contributed by atoms with Crippen LogP contribution in [0.5, 0.6) is 0 Å². The van der Waals surface area contributed by atoms with Crippen molar-refractivity contribution in [3.63, 3.8) is 0 Å². The van der Waals surface area contributed by atoms with E-state index in [9.17, 15) is 14.9 Å². The van der Waals surface area contributed by atoms with Gasteiger partial charge in [0.1, 0.15) is 11.9 Å². The lowest BCUT2D eigenvalue weighted by molar-refractivity contribution is -0.391. The van der Waals surface area contributed by atoms with E-state index in [0.717, 1.165) is 6.20 Å². The third-order valence-corrected chi connectivity index (χ3v) is 3.07. The van der Waals surface area contributed by atoms with Crippen molar-refractivity contribution < 1.29 is 9.72 Å². The summed E-state index contributed by atoms with van der Waals surface area (Å²) < 4.78 is 2.58. The molecule has 0 fully saturated rings. The minimum atomic E-state index is -0.552. The van der Waals surface area contributed by atoms with E-state index in [1.54, 1.807) is 6.07 Å². The number of fused-ring (bicyclic) bond motifs is 1. The molecule has 0 aromatic carbocycles. The first-order valence-electron chi connectivity index (χ1n) is 6.14. The molecular formula is C11H10N8O3. The van der Waals surface area contributed by atoms with Crippen LogP contribution in [-0.2, 0) is 7.05 Å². The van der Waals surface area contributed by atoms with Crippen molar-refractivity contribution in [1.82, 2.24) is 34.7 Å². The number of hydrogen-bond donors (Lipinski definition) is 1. The third-order valence-electron chi connectivity index (χ3n) is 3.07. The van der Waals surface area contributed by atoms with Crippen LogP contribution in [0.4, 0.5) is 5.82 Å². The van der Waals surface area contributed by atoms with Gasteiger partial charge in [0.25, 0.3) is 11.7 Å². The lowest BCUT2D eigenvalue weighted by atomic mass is 10.3. The number of nitrogens with zero attached hydrogens (tertiary/aromatic N) is 7. The molecule has 22 heavy (non-hydrogen) atoms. The summed E-state index contributed by atoms with van der Waals surface area (Å²) in [4.78, 5) is 26.0. The molecule has 112 valence electrons. The highest BCUT2D eigenvalue weighted by molar-refractivity contribution is 5.92. The summed E-state index contributed by atoms with van der Waals surface area (Å²) in [6, 6.07) is 3.08. The quantitative estimate of drug-likeness (QED) is 0.522. The van der Waals surface area contributed by atoms with E-state index in [0.29, 0.717) is 5.65 Å². The number of aromatic nitrogens is 6. The minimum Gasteiger partial charge on any atom is -0.358 e. The lowest BCUT2D eigenvalue weighted by Crippen LogP contribution is -2.20. The highest BCUT2D eigenvalue weighted by atomic mass is 16.6. The molecule has 1 amide bonds. The standard InChI is InChI=1S/C11H10N8O3/c1-12-11(20)6-3-4-7-14-15-10(18(7)16-6)9-13-5-8(17(9)2)19(21)22/h3-5H,1-2H3,(H,12,20). The van der Waals surface area contributed by atoms with E-state index in [4.69, 9.17) is 0 Å². The monoisotopic (exact) mass is 302 g/mol. The van der Waals surface area contributed by atoms with Crippen LogP contribution in [0, 0.1) is 10.1 Å². The van der Waals surface area contributed by atoms with Gasteiger partial charge in [0, 0.05) is 7.05 Å². The van der Waals surface area contributed by atoms with E-state index >= 15 is 0 Å². The van der Waals surface area contributed by atoms with Crippen molar-refractivity contribution in [2.45, 2.75) is 0 Å². The zero-order chi connectivity index (χ0) is 15.9. The van der Waals surface area contributed by atoms with E-state index in [-0.39, 0.29) is 29.1 Å². The van der Waals surface area contributed by atoms with Gasteiger partial charge in [-0.25, -0.2) is 9.55 Å². The molecular weight excluding hydrogens is 292 g/mol. The number of nitro groups is 1. The molecule has 11 heteroatoms. The molecule has 0 saturated carbocycles. The summed E-state index contributed by atoms with van der Waals surface area (Å²) >= 11 is 0. The minimum absolute atomic E-state index is 0.166. The highest BCUT2D eigenvalue weighted by Gasteiger charge is 2.23. The fourth-order valence-corrected chi connectivity index (χ4v) is 1.96. The summed E-state index contributed by atoms with van der Waals surface area (Å²) in [5.41, 5.74) is 0.563. The smallest absolute Gasteiger partial charge is 0.343 e. The second kappa shape index (κ2) is 4.87. The van der Waals surface area contributed by atoms with Gasteiger partial charge in [-0.2, -0.15) is 9.61 Å². The molecule has 0 atom stereocenters. The van der Waals surface area contributed by atoms with E-state index in [1.807, 2.05) is 0 Å². The van der Waals surface area contributed by atoms with Crippen molar-refractivity contribution in [3.8, 4) is 11.6 Å². The number of amides is 1. The predicted molar refractivity (Wildman–Crippen MR) is 73.0 cm³/mol. The Morgan fingerprint density at radius 3 is 2.73 bits per heavy atom. The Morgan fingerprint density at radius 2 is 2.09 bits per heavy atom. The molecule has 0 aliphatic carbocycles. The first kappa shape index (κ1) is 13.6. The summed E-state index contributed by atoms with van der Waals surface area (Å²) in [7, 11) is 2.98. The number of hydrogen-bond acceptors (Lipinski definition) is 7. The van der Waals surface area contributed by atoms with Gasteiger partial charge in [-0.15, -0.1) is 10.2 Å². The Kier molecular flexibility index (Phi) is 3.01. The van der Waals surface area contributed by atoms with Crippen molar-refractivity contribution >= 4 is 17.4 Å². The van der Waals surface area contributed by atoms with E-state index in [2.05, 4.69) is 25.6 Å². The van der Waals surface area contributed by atoms with Crippen LogP contribution in [0.15, 0.2) is 18.3 Å². The third kappa shape index (κ3) is 1.95.